The van der Waals surface area contributed by atoms with Crippen LogP contribution in [0.25, 0.3) is 11.0 Å². The van der Waals surface area contributed by atoms with E-state index in [1.807, 2.05) is 31.2 Å². The van der Waals surface area contributed by atoms with Gasteiger partial charge in [-0.2, -0.15) is 5.26 Å². The van der Waals surface area contributed by atoms with Crippen molar-refractivity contribution >= 4 is 22.4 Å². The van der Waals surface area contributed by atoms with Crippen LogP contribution in [0.15, 0.2) is 53.9 Å². The van der Waals surface area contributed by atoms with Crippen molar-refractivity contribution in [3.8, 4) is 6.07 Å². The monoisotopic (exact) mass is 358 g/mol. The van der Waals surface area contributed by atoms with Crippen molar-refractivity contribution in [1.29, 1.82) is 5.26 Å². The average Bonchev–Trinajstić information content (AvgIpc) is 3.24. The molecule has 0 aliphatic heterocycles. The number of nitriles is 1. The summed E-state index contributed by atoms with van der Waals surface area (Å²) in [6.45, 7) is 4.19. The molecular weight excluding hydrogens is 340 g/mol. The van der Waals surface area contributed by atoms with Crippen molar-refractivity contribution in [2.45, 2.75) is 26.3 Å². The molecule has 2 heterocycles. The number of aryl methyl sites for hydroxylation is 1. The first-order chi connectivity index (χ1) is 12.7. The lowest BCUT2D eigenvalue weighted by molar-refractivity contribution is 0.625. The number of imidazole rings is 1. The van der Waals surface area contributed by atoms with Crippen molar-refractivity contribution in [2.24, 2.45) is 0 Å². The van der Waals surface area contributed by atoms with Crippen molar-refractivity contribution in [2.75, 3.05) is 0 Å². The highest BCUT2D eigenvalue weighted by Gasteiger charge is 2.18. The van der Waals surface area contributed by atoms with E-state index < -0.39 is 0 Å². The van der Waals surface area contributed by atoms with Crippen molar-refractivity contribution in [3.63, 3.8) is 0 Å². The molecule has 0 unspecified atom stereocenters. The van der Waals surface area contributed by atoms with Crippen LogP contribution >= 0.6 is 11.3 Å². The summed E-state index contributed by atoms with van der Waals surface area (Å²) in [6, 6.07) is 18.4. The molecule has 0 saturated carbocycles. The van der Waals surface area contributed by atoms with Gasteiger partial charge < -0.3 is 4.57 Å². The predicted octanol–water partition coefficient (Wildman–Crippen LogP) is 4.87. The van der Waals surface area contributed by atoms with Gasteiger partial charge in [-0.25, -0.2) is 9.97 Å². The third-order valence-corrected chi connectivity index (χ3v) is 5.39. The summed E-state index contributed by atoms with van der Waals surface area (Å²) in [7, 11) is 0. The zero-order valence-corrected chi connectivity index (χ0v) is 15.5. The van der Waals surface area contributed by atoms with Gasteiger partial charge in [-0.3, -0.25) is 0 Å². The average molecular weight is 358 g/mol. The Bertz CT molecular complexity index is 1100. The van der Waals surface area contributed by atoms with E-state index in [1.54, 1.807) is 11.3 Å². The topological polar surface area (TPSA) is 54.5 Å². The molecule has 4 aromatic rings. The number of hydrogen-bond donors (Lipinski definition) is 0. The van der Waals surface area contributed by atoms with Gasteiger partial charge >= 0.3 is 0 Å². The second-order valence-corrected chi connectivity index (χ2v) is 7.40. The maximum Gasteiger partial charge on any atom is 0.116 e. The molecule has 5 heteroatoms. The smallest absolute Gasteiger partial charge is 0.116 e. The SMILES string of the molecule is Cc1nc(Cc2nc3ccc(C#N)cc3n2[C@@H](C)c2ccccc2)cs1. The van der Waals surface area contributed by atoms with Gasteiger partial charge in [0.25, 0.3) is 0 Å². The summed E-state index contributed by atoms with van der Waals surface area (Å²) in [5.41, 5.74) is 4.79. The fourth-order valence-corrected chi connectivity index (χ4v) is 3.91. The summed E-state index contributed by atoms with van der Waals surface area (Å²) < 4.78 is 2.24. The van der Waals surface area contributed by atoms with Gasteiger partial charge in [-0.15, -0.1) is 11.3 Å². The Morgan fingerprint density at radius 2 is 1.96 bits per heavy atom. The zero-order chi connectivity index (χ0) is 18.1. The van der Waals surface area contributed by atoms with Crippen LogP contribution in [0.4, 0.5) is 0 Å². The molecule has 0 amide bonds. The Kier molecular flexibility index (Phi) is 4.27. The first kappa shape index (κ1) is 16.5. The normalized spacial score (nSPS) is 12.2. The molecule has 0 radical (unpaired) electrons. The second kappa shape index (κ2) is 6.74. The van der Waals surface area contributed by atoms with Crippen LogP contribution in [0.2, 0.25) is 0 Å². The Hall–Kier alpha value is -2.97. The summed E-state index contributed by atoms with van der Waals surface area (Å²) in [6.07, 6.45) is 0.679. The first-order valence-electron chi connectivity index (χ1n) is 8.52. The lowest BCUT2D eigenvalue weighted by atomic mass is 10.1. The number of thiazole rings is 1. The van der Waals surface area contributed by atoms with Crippen LogP contribution in [0.5, 0.6) is 0 Å². The molecule has 0 aliphatic rings. The Morgan fingerprint density at radius 3 is 2.65 bits per heavy atom. The van der Waals surface area contributed by atoms with Gasteiger partial charge in [0, 0.05) is 11.8 Å². The minimum absolute atomic E-state index is 0.116. The fourth-order valence-electron chi connectivity index (χ4n) is 3.30. The highest BCUT2D eigenvalue weighted by atomic mass is 32.1. The van der Waals surface area contributed by atoms with Crippen LogP contribution in [0, 0.1) is 18.3 Å². The molecule has 0 N–H and O–H groups in total. The number of hydrogen-bond acceptors (Lipinski definition) is 4. The number of aromatic nitrogens is 3. The molecule has 0 spiro atoms. The highest BCUT2D eigenvalue weighted by Crippen LogP contribution is 2.28. The number of fused-ring (bicyclic) bond motifs is 1. The Balaban J connectivity index is 1.88. The summed E-state index contributed by atoms with van der Waals surface area (Å²) in [5.74, 6) is 0.969. The van der Waals surface area contributed by atoms with Gasteiger partial charge in [0.2, 0.25) is 0 Å². The minimum atomic E-state index is 0.116. The van der Waals surface area contributed by atoms with Crippen molar-refractivity contribution < 1.29 is 0 Å². The van der Waals surface area contributed by atoms with E-state index in [0.29, 0.717) is 12.0 Å². The van der Waals surface area contributed by atoms with E-state index in [-0.39, 0.29) is 6.04 Å². The van der Waals surface area contributed by atoms with Crippen LogP contribution in [-0.2, 0) is 6.42 Å². The molecule has 4 rings (SSSR count). The van der Waals surface area contributed by atoms with Crippen LogP contribution in [-0.4, -0.2) is 14.5 Å². The summed E-state index contributed by atoms with van der Waals surface area (Å²) in [4.78, 5) is 9.45. The zero-order valence-electron chi connectivity index (χ0n) is 14.7. The molecule has 128 valence electrons. The van der Waals surface area contributed by atoms with E-state index in [4.69, 9.17) is 4.98 Å². The fraction of sp³-hybridized carbons (Fsp3) is 0.190. The molecule has 0 bridgehead atoms. The van der Waals surface area contributed by atoms with Gasteiger partial charge in [0.15, 0.2) is 0 Å². The predicted molar refractivity (Wildman–Crippen MR) is 104 cm³/mol. The molecule has 26 heavy (non-hydrogen) atoms. The molecule has 1 atom stereocenters. The van der Waals surface area contributed by atoms with E-state index in [0.717, 1.165) is 27.6 Å². The maximum atomic E-state index is 9.30. The molecule has 2 aromatic heterocycles. The maximum absolute atomic E-state index is 9.30. The minimum Gasteiger partial charge on any atom is -0.320 e. The standard InChI is InChI=1S/C21H18N4S/c1-14(17-6-4-3-5-7-17)25-20-10-16(12-22)8-9-19(20)24-21(25)11-18-13-26-15(2)23-18/h3-10,13-14H,11H2,1-2H3/t14-/m0/s1. The molecule has 4 nitrogen and oxygen atoms in total. The number of nitrogens with zero attached hydrogens (tertiary/aromatic N) is 4. The van der Waals surface area contributed by atoms with Crippen LogP contribution < -0.4 is 0 Å². The van der Waals surface area contributed by atoms with E-state index in [1.165, 1.54) is 5.56 Å². The third-order valence-electron chi connectivity index (χ3n) is 4.57. The molecule has 2 aromatic carbocycles. The molecule has 0 saturated heterocycles. The molecule has 0 aliphatic carbocycles. The third kappa shape index (κ3) is 3.00. The number of benzene rings is 2. The van der Waals surface area contributed by atoms with Crippen LogP contribution in [0.1, 0.15) is 40.6 Å². The van der Waals surface area contributed by atoms with Gasteiger partial charge in [-0.05, 0) is 37.6 Å². The van der Waals surface area contributed by atoms with Gasteiger partial charge in [-0.1, -0.05) is 30.3 Å². The van der Waals surface area contributed by atoms with Crippen molar-refractivity contribution in [1.82, 2.24) is 14.5 Å². The van der Waals surface area contributed by atoms with E-state index in [9.17, 15) is 5.26 Å². The van der Waals surface area contributed by atoms with E-state index >= 15 is 0 Å². The lowest BCUT2D eigenvalue weighted by Gasteiger charge is -2.18. The molecule has 0 fully saturated rings. The summed E-state index contributed by atoms with van der Waals surface area (Å²) in [5, 5.41) is 12.5. The Morgan fingerprint density at radius 1 is 1.15 bits per heavy atom. The van der Waals surface area contributed by atoms with Crippen molar-refractivity contribution in [3.05, 3.63) is 81.6 Å². The lowest BCUT2D eigenvalue weighted by Crippen LogP contribution is -2.11. The highest BCUT2D eigenvalue weighted by molar-refractivity contribution is 7.09. The van der Waals surface area contributed by atoms with Crippen LogP contribution in [0.3, 0.4) is 0 Å². The van der Waals surface area contributed by atoms with E-state index in [2.05, 4.69) is 52.2 Å². The summed E-state index contributed by atoms with van der Waals surface area (Å²) >= 11 is 1.66. The largest absolute Gasteiger partial charge is 0.320 e. The van der Waals surface area contributed by atoms with Gasteiger partial charge in [0.1, 0.15) is 5.82 Å². The Labute approximate surface area is 156 Å². The molecular formula is C21H18N4S. The van der Waals surface area contributed by atoms with Gasteiger partial charge in [0.05, 0.1) is 39.4 Å². The number of rotatable bonds is 4. The quantitative estimate of drug-likeness (QED) is 0.523. The first-order valence-corrected chi connectivity index (χ1v) is 9.40. The second-order valence-electron chi connectivity index (χ2n) is 6.33.